The number of carboxylic acid groups (broad SMARTS) is 1. The van der Waals surface area contributed by atoms with E-state index >= 15 is 0 Å². The molecule has 0 bridgehead atoms. The molecule has 5 nitrogen and oxygen atoms in total. The van der Waals surface area contributed by atoms with Crippen LogP contribution in [0.1, 0.15) is 42.5 Å². The minimum Gasteiger partial charge on any atom is -0.478 e. The van der Waals surface area contributed by atoms with Crippen molar-refractivity contribution in [2.75, 3.05) is 11.9 Å². The summed E-state index contributed by atoms with van der Waals surface area (Å²) in [5.41, 5.74) is -0.140. The molecule has 0 radical (unpaired) electrons. The first-order valence-corrected chi connectivity index (χ1v) is 6.24. The molecule has 0 unspecified atom stereocenters. The maximum Gasteiger partial charge on any atom is 0.335 e. The van der Waals surface area contributed by atoms with Crippen LogP contribution in [0.25, 0.3) is 0 Å². The molecule has 3 N–H and O–H groups in total. The third-order valence-corrected chi connectivity index (χ3v) is 3.51. The average molecular weight is 250 g/mol. The molecule has 2 rings (SSSR count). The number of nitrogens with zero attached hydrogens (tertiary/aromatic N) is 1. The lowest BCUT2D eigenvalue weighted by Crippen LogP contribution is -2.44. The van der Waals surface area contributed by atoms with E-state index in [-0.39, 0.29) is 17.7 Å². The van der Waals surface area contributed by atoms with Gasteiger partial charge in [0.05, 0.1) is 17.7 Å². The fraction of sp³-hybridized carbons (Fsp3) is 0.538. The van der Waals surface area contributed by atoms with Gasteiger partial charge in [0, 0.05) is 6.20 Å². The van der Waals surface area contributed by atoms with E-state index in [1.165, 1.54) is 24.8 Å². The van der Waals surface area contributed by atoms with E-state index in [2.05, 4.69) is 10.3 Å². The van der Waals surface area contributed by atoms with Gasteiger partial charge in [0.15, 0.2) is 0 Å². The van der Waals surface area contributed by atoms with E-state index in [1.807, 2.05) is 0 Å². The number of hydrogen-bond donors (Lipinski definition) is 3. The maximum absolute atomic E-state index is 10.9. The average Bonchev–Trinajstić information content (AvgIpc) is 2.40. The van der Waals surface area contributed by atoms with Gasteiger partial charge in [0.25, 0.3) is 0 Å². The molecule has 0 spiro atoms. The van der Waals surface area contributed by atoms with Gasteiger partial charge in [-0.05, 0) is 25.0 Å². The third kappa shape index (κ3) is 2.79. The Labute approximate surface area is 106 Å². The first-order chi connectivity index (χ1) is 8.65. The lowest BCUT2D eigenvalue weighted by Gasteiger charge is -2.37. The van der Waals surface area contributed by atoms with Crippen LogP contribution in [-0.4, -0.2) is 33.3 Å². The van der Waals surface area contributed by atoms with Crippen LogP contribution in [0.4, 0.5) is 5.82 Å². The zero-order chi connectivity index (χ0) is 13.0. The summed E-state index contributed by atoms with van der Waals surface area (Å²) in [7, 11) is 0. The Hall–Kier alpha value is -1.62. The quantitative estimate of drug-likeness (QED) is 0.760. The molecule has 1 aliphatic rings. The Kier molecular flexibility index (Phi) is 3.81. The molecule has 1 saturated carbocycles. The molecule has 5 heteroatoms. The summed E-state index contributed by atoms with van der Waals surface area (Å²) >= 11 is 0. The minimum absolute atomic E-state index is 0.0476. The molecule has 1 aromatic heterocycles. The number of anilines is 1. The molecule has 1 heterocycles. The highest BCUT2D eigenvalue weighted by atomic mass is 16.4. The van der Waals surface area contributed by atoms with Crippen molar-refractivity contribution in [3.63, 3.8) is 0 Å². The van der Waals surface area contributed by atoms with Crippen LogP contribution < -0.4 is 5.32 Å². The first kappa shape index (κ1) is 12.8. The normalized spacial score (nSPS) is 18.3. The second-order valence-electron chi connectivity index (χ2n) is 4.86. The number of aromatic carboxylic acids is 1. The van der Waals surface area contributed by atoms with Gasteiger partial charge < -0.3 is 15.5 Å². The number of aromatic nitrogens is 1. The number of aliphatic hydroxyl groups is 1. The standard InChI is InChI=1S/C13H18N2O3/c16-9-13(5-2-1-3-6-13)15-11-8-10(12(17)18)4-7-14-11/h4,7-8,16H,1-3,5-6,9H2,(H,14,15)(H,17,18). The molecular weight excluding hydrogens is 232 g/mol. The monoisotopic (exact) mass is 250 g/mol. The summed E-state index contributed by atoms with van der Waals surface area (Å²) in [6.07, 6.45) is 6.59. The summed E-state index contributed by atoms with van der Waals surface area (Å²) in [6.45, 7) is 0.0476. The predicted octanol–water partition coefficient (Wildman–Crippen LogP) is 1.89. The van der Waals surface area contributed by atoms with Crippen molar-refractivity contribution in [1.29, 1.82) is 0 Å². The SMILES string of the molecule is O=C(O)c1ccnc(NC2(CO)CCCCC2)c1. The van der Waals surface area contributed by atoms with E-state index in [0.717, 1.165) is 25.7 Å². The number of carbonyl (C=O) groups is 1. The highest BCUT2D eigenvalue weighted by Crippen LogP contribution is 2.30. The third-order valence-electron chi connectivity index (χ3n) is 3.51. The number of pyridine rings is 1. The van der Waals surface area contributed by atoms with Crippen LogP contribution in [0, 0.1) is 0 Å². The topological polar surface area (TPSA) is 82.5 Å². The van der Waals surface area contributed by atoms with E-state index in [1.54, 1.807) is 0 Å². The fourth-order valence-electron chi connectivity index (χ4n) is 2.45. The smallest absolute Gasteiger partial charge is 0.335 e. The number of rotatable bonds is 4. The van der Waals surface area contributed by atoms with Gasteiger partial charge in [-0.15, -0.1) is 0 Å². The summed E-state index contributed by atoms with van der Waals surface area (Å²) in [5.74, 6) is -0.451. The molecule has 0 aromatic carbocycles. The molecule has 1 aliphatic carbocycles. The summed E-state index contributed by atoms with van der Waals surface area (Å²) < 4.78 is 0. The van der Waals surface area contributed by atoms with E-state index in [9.17, 15) is 9.90 Å². The van der Waals surface area contributed by atoms with E-state index in [4.69, 9.17) is 5.11 Å². The van der Waals surface area contributed by atoms with Gasteiger partial charge in [0.1, 0.15) is 5.82 Å². The van der Waals surface area contributed by atoms with Gasteiger partial charge >= 0.3 is 5.97 Å². The zero-order valence-electron chi connectivity index (χ0n) is 10.2. The summed E-state index contributed by atoms with van der Waals surface area (Å²) in [5, 5.41) is 21.7. The van der Waals surface area contributed by atoms with Crippen LogP contribution in [0.5, 0.6) is 0 Å². The molecule has 0 amide bonds. The Balaban J connectivity index is 2.16. The van der Waals surface area contributed by atoms with Gasteiger partial charge in [0.2, 0.25) is 0 Å². The molecule has 1 aromatic rings. The Morgan fingerprint density at radius 3 is 2.72 bits per heavy atom. The number of aliphatic hydroxyl groups excluding tert-OH is 1. The molecule has 0 aliphatic heterocycles. The number of hydrogen-bond acceptors (Lipinski definition) is 4. The molecule has 18 heavy (non-hydrogen) atoms. The predicted molar refractivity (Wildman–Crippen MR) is 67.7 cm³/mol. The lowest BCUT2D eigenvalue weighted by atomic mass is 9.82. The number of carboxylic acids is 1. The van der Waals surface area contributed by atoms with Gasteiger partial charge in [-0.1, -0.05) is 19.3 Å². The van der Waals surface area contributed by atoms with Crippen LogP contribution >= 0.6 is 0 Å². The molecular formula is C13H18N2O3. The van der Waals surface area contributed by atoms with Crippen LogP contribution in [-0.2, 0) is 0 Å². The first-order valence-electron chi connectivity index (χ1n) is 6.24. The van der Waals surface area contributed by atoms with Gasteiger partial charge in [-0.3, -0.25) is 0 Å². The van der Waals surface area contributed by atoms with Gasteiger partial charge in [-0.25, -0.2) is 9.78 Å². The zero-order valence-corrected chi connectivity index (χ0v) is 10.2. The van der Waals surface area contributed by atoms with Crippen molar-refractivity contribution in [2.45, 2.75) is 37.6 Å². The Bertz CT molecular complexity index is 428. The molecule has 0 atom stereocenters. The van der Waals surface area contributed by atoms with E-state index < -0.39 is 5.97 Å². The van der Waals surface area contributed by atoms with Crippen LogP contribution in [0.2, 0.25) is 0 Å². The number of nitrogens with one attached hydrogen (secondary N) is 1. The van der Waals surface area contributed by atoms with E-state index in [0.29, 0.717) is 5.82 Å². The van der Waals surface area contributed by atoms with Crippen molar-refractivity contribution < 1.29 is 15.0 Å². The maximum atomic E-state index is 10.9. The molecule has 1 fully saturated rings. The lowest BCUT2D eigenvalue weighted by molar-refractivity contribution is 0.0697. The van der Waals surface area contributed by atoms with Gasteiger partial charge in [-0.2, -0.15) is 0 Å². The Morgan fingerprint density at radius 1 is 1.39 bits per heavy atom. The summed E-state index contributed by atoms with van der Waals surface area (Å²) in [4.78, 5) is 15.0. The fourth-order valence-corrected chi connectivity index (χ4v) is 2.45. The van der Waals surface area contributed by atoms with Crippen LogP contribution in [0.15, 0.2) is 18.3 Å². The second kappa shape index (κ2) is 5.35. The van der Waals surface area contributed by atoms with Crippen LogP contribution in [0.3, 0.4) is 0 Å². The van der Waals surface area contributed by atoms with Crippen molar-refractivity contribution in [3.05, 3.63) is 23.9 Å². The molecule has 98 valence electrons. The van der Waals surface area contributed by atoms with Crippen molar-refractivity contribution in [3.8, 4) is 0 Å². The molecule has 0 saturated heterocycles. The van der Waals surface area contributed by atoms with Crippen molar-refractivity contribution >= 4 is 11.8 Å². The highest BCUT2D eigenvalue weighted by molar-refractivity contribution is 5.88. The Morgan fingerprint density at radius 2 is 2.11 bits per heavy atom. The largest absolute Gasteiger partial charge is 0.478 e. The highest BCUT2D eigenvalue weighted by Gasteiger charge is 2.31. The minimum atomic E-state index is -0.970. The second-order valence-corrected chi connectivity index (χ2v) is 4.86. The van der Waals surface area contributed by atoms with Crippen molar-refractivity contribution in [1.82, 2.24) is 4.98 Å². The summed E-state index contributed by atoms with van der Waals surface area (Å²) in [6, 6.07) is 2.97. The van der Waals surface area contributed by atoms with Crippen molar-refractivity contribution in [2.24, 2.45) is 0 Å².